The fraction of sp³-hybridized carbons (Fsp3) is 0.636. The Kier molecular flexibility index (Phi) is 5.48. The largest absolute Gasteiger partial charge is 0.345 e. The van der Waals surface area contributed by atoms with E-state index in [1.165, 1.54) is 45.2 Å². The third kappa shape index (κ3) is 3.88. The molecule has 3 aliphatic rings. The second-order valence-electron chi connectivity index (χ2n) is 8.46. The molecule has 0 unspecified atom stereocenters. The van der Waals surface area contributed by atoms with Gasteiger partial charge in [-0.1, -0.05) is 24.6 Å². The molecule has 3 fully saturated rings. The molecule has 2 amide bonds. The smallest absolute Gasteiger partial charge is 0.227 e. The summed E-state index contributed by atoms with van der Waals surface area (Å²) in [6, 6.07) is 10.3. The second kappa shape index (κ2) is 8.01. The van der Waals surface area contributed by atoms with E-state index in [2.05, 4.69) is 4.90 Å². The molecule has 1 aromatic rings. The van der Waals surface area contributed by atoms with Crippen molar-refractivity contribution in [2.24, 2.45) is 11.8 Å². The van der Waals surface area contributed by atoms with E-state index in [0.717, 1.165) is 12.2 Å². The lowest BCUT2D eigenvalue weighted by molar-refractivity contribution is -0.135. The summed E-state index contributed by atoms with van der Waals surface area (Å²) in [6.45, 7) is 3.78. The van der Waals surface area contributed by atoms with E-state index in [1.807, 2.05) is 42.3 Å². The Morgan fingerprint density at radius 1 is 1.11 bits per heavy atom. The van der Waals surface area contributed by atoms with Crippen molar-refractivity contribution >= 4 is 17.5 Å². The van der Waals surface area contributed by atoms with Crippen molar-refractivity contribution in [3.05, 3.63) is 30.3 Å². The van der Waals surface area contributed by atoms with Crippen molar-refractivity contribution in [1.82, 2.24) is 9.80 Å². The van der Waals surface area contributed by atoms with Gasteiger partial charge in [0.05, 0.1) is 5.92 Å². The van der Waals surface area contributed by atoms with Gasteiger partial charge in [-0.15, -0.1) is 0 Å². The molecule has 1 aromatic carbocycles. The summed E-state index contributed by atoms with van der Waals surface area (Å²) in [5.41, 5.74) is 0.894. The highest BCUT2D eigenvalue weighted by atomic mass is 16.2. The van der Waals surface area contributed by atoms with Gasteiger partial charge in [0, 0.05) is 38.3 Å². The summed E-state index contributed by atoms with van der Waals surface area (Å²) in [6.07, 6.45) is 6.70. The van der Waals surface area contributed by atoms with E-state index in [-0.39, 0.29) is 17.7 Å². The molecule has 0 spiro atoms. The molecule has 0 saturated carbocycles. The number of rotatable bonds is 4. The molecule has 0 aromatic heterocycles. The molecule has 5 nitrogen and oxygen atoms in total. The van der Waals surface area contributed by atoms with Gasteiger partial charge in [-0.2, -0.15) is 0 Å². The van der Waals surface area contributed by atoms with E-state index in [4.69, 9.17) is 0 Å². The van der Waals surface area contributed by atoms with Gasteiger partial charge in [0.15, 0.2) is 0 Å². The summed E-state index contributed by atoms with van der Waals surface area (Å²) in [4.78, 5) is 31.8. The van der Waals surface area contributed by atoms with E-state index in [9.17, 15) is 9.59 Å². The number of hydrogen-bond donors (Lipinski definition) is 0. The maximum absolute atomic E-state index is 13.0. The molecule has 146 valence electrons. The molecule has 3 heterocycles. The summed E-state index contributed by atoms with van der Waals surface area (Å²) in [7, 11) is 1.93. The second-order valence-corrected chi connectivity index (χ2v) is 8.46. The first-order valence-electron chi connectivity index (χ1n) is 10.5. The molecule has 3 atom stereocenters. The number of benzene rings is 1. The average Bonchev–Trinajstić information content (AvgIpc) is 3.10. The van der Waals surface area contributed by atoms with Gasteiger partial charge < -0.3 is 14.7 Å². The summed E-state index contributed by atoms with van der Waals surface area (Å²) in [5, 5.41) is 0. The molecule has 0 aliphatic carbocycles. The number of amides is 2. The van der Waals surface area contributed by atoms with Gasteiger partial charge in [0.25, 0.3) is 0 Å². The molecular weight excluding hydrogens is 338 g/mol. The van der Waals surface area contributed by atoms with Crippen LogP contribution in [0.3, 0.4) is 0 Å². The van der Waals surface area contributed by atoms with Gasteiger partial charge >= 0.3 is 0 Å². The maximum atomic E-state index is 13.0. The van der Waals surface area contributed by atoms with Crippen LogP contribution in [0.4, 0.5) is 5.69 Å². The van der Waals surface area contributed by atoms with Gasteiger partial charge in [0.2, 0.25) is 11.8 Å². The van der Waals surface area contributed by atoms with Crippen molar-refractivity contribution in [2.45, 2.75) is 44.6 Å². The van der Waals surface area contributed by atoms with Gasteiger partial charge in [-0.25, -0.2) is 0 Å². The zero-order chi connectivity index (χ0) is 18.8. The standard InChI is InChI=1S/C22H31N3O2/c1-23(15-17-8-7-13-24-12-6-5-11-20(17)24)22(27)18-14-21(26)25(16-18)19-9-3-2-4-10-19/h2-4,9-10,17-18,20H,5-8,11-16H2,1H3/t17-,18-,20+/m0/s1. The first-order chi connectivity index (χ1) is 13.1. The zero-order valence-electron chi connectivity index (χ0n) is 16.3. The predicted molar refractivity (Wildman–Crippen MR) is 106 cm³/mol. The monoisotopic (exact) mass is 369 g/mol. The molecule has 3 aliphatic heterocycles. The van der Waals surface area contributed by atoms with Crippen LogP contribution >= 0.6 is 0 Å². The van der Waals surface area contributed by atoms with Crippen LogP contribution in [-0.4, -0.2) is 60.9 Å². The van der Waals surface area contributed by atoms with Crippen LogP contribution < -0.4 is 4.90 Å². The highest BCUT2D eigenvalue weighted by Gasteiger charge is 2.38. The number of anilines is 1. The molecule has 0 N–H and O–H groups in total. The molecule has 0 radical (unpaired) electrons. The van der Waals surface area contributed by atoms with Gasteiger partial charge in [-0.3, -0.25) is 9.59 Å². The minimum atomic E-state index is -0.214. The maximum Gasteiger partial charge on any atom is 0.227 e. The van der Waals surface area contributed by atoms with Crippen LogP contribution in [0.1, 0.15) is 38.5 Å². The number of piperidine rings is 2. The number of hydrogen-bond acceptors (Lipinski definition) is 3. The number of carbonyl (C=O) groups is 2. The lowest BCUT2D eigenvalue weighted by Gasteiger charge is -2.45. The molecule has 4 rings (SSSR count). The van der Waals surface area contributed by atoms with Gasteiger partial charge in [0.1, 0.15) is 0 Å². The van der Waals surface area contributed by atoms with E-state index in [1.54, 1.807) is 4.90 Å². The van der Waals surface area contributed by atoms with E-state index >= 15 is 0 Å². The Morgan fingerprint density at radius 2 is 1.89 bits per heavy atom. The summed E-state index contributed by atoms with van der Waals surface area (Å²) < 4.78 is 0. The van der Waals surface area contributed by atoms with E-state index in [0.29, 0.717) is 24.9 Å². The molecule has 5 heteroatoms. The minimum Gasteiger partial charge on any atom is -0.345 e. The Labute approximate surface area is 162 Å². The zero-order valence-corrected chi connectivity index (χ0v) is 16.3. The highest BCUT2D eigenvalue weighted by Crippen LogP contribution is 2.32. The van der Waals surface area contributed by atoms with Crippen molar-refractivity contribution in [3.63, 3.8) is 0 Å². The predicted octanol–water partition coefficient (Wildman–Crippen LogP) is 2.76. The van der Waals surface area contributed by atoms with E-state index < -0.39 is 0 Å². The fourth-order valence-electron chi connectivity index (χ4n) is 5.27. The van der Waals surface area contributed by atoms with Crippen LogP contribution in [0, 0.1) is 11.8 Å². The molecular formula is C22H31N3O2. The third-order valence-corrected chi connectivity index (χ3v) is 6.66. The summed E-state index contributed by atoms with van der Waals surface area (Å²) >= 11 is 0. The number of carbonyl (C=O) groups excluding carboxylic acids is 2. The molecule has 0 bridgehead atoms. The minimum absolute atomic E-state index is 0.0593. The SMILES string of the molecule is CN(C[C@@H]1CCCN2CCCC[C@H]12)C(=O)[C@H]1CC(=O)N(c2ccccc2)C1. The highest BCUT2D eigenvalue weighted by molar-refractivity contribution is 6.00. The number of para-hydroxylation sites is 1. The Bertz CT molecular complexity index is 675. The lowest BCUT2D eigenvalue weighted by atomic mass is 9.83. The first kappa shape index (κ1) is 18.5. The normalized spacial score (nSPS) is 28.9. The Hall–Kier alpha value is -1.88. The number of fused-ring (bicyclic) bond motifs is 1. The van der Waals surface area contributed by atoms with Gasteiger partial charge in [-0.05, 0) is 56.8 Å². The van der Waals surface area contributed by atoms with Crippen LogP contribution in [-0.2, 0) is 9.59 Å². The van der Waals surface area contributed by atoms with Crippen LogP contribution in [0.5, 0.6) is 0 Å². The van der Waals surface area contributed by atoms with Crippen molar-refractivity contribution in [2.75, 3.05) is 38.1 Å². The Morgan fingerprint density at radius 3 is 2.70 bits per heavy atom. The topological polar surface area (TPSA) is 43.9 Å². The lowest BCUT2D eigenvalue weighted by Crippen LogP contribution is -2.51. The van der Waals surface area contributed by atoms with Crippen LogP contribution in [0.15, 0.2) is 30.3 Å². The fourth-order valence-corrected chi connectivity index (χ4v) is 5.27. The first-order valence-corrected chi connectivity index (χ1v) is 10.5. The quantitative estimate of drug-likeness (QED) is 0.820. The number of nitrogens with zero attached hydrogens (tertiary/aromatic N) is 3. The van der Waals surface area contributed by atoms with Crippen molar-refractivity contribution in [1.29, 1.82) is 0 Å². The average molecular weight is 370 g/mol. The Balaban J connectivity index is 1.37. The van der Waals surface area contributed by atoms with Crippen LogP contribution in [0.2, 0.25) is 0 Å². The molecule has 27 heavy (non-hydrogen) atoms. The molecule has 3 saturated heterocycles. The third-order valence-electron chi connectivity index (χ3n) is 6.66. The van der Waals surface area contributed by atoms with Crippen molar-refractivity contribution < 1.29 is 9.59 Å². The van der Waals surface area contributed by atoms with Crippen LogP contribution in [0.25, 0.3) is 0 Å². The summed E-state index contributed by atoms with van der Waals surface area (Å²) in [5.74, 6) is 0.558. The van der Waals surface area contributed by atoms with Crippen molar-refractivity contribution in [3.8, 4) is 0 Å².